The van der Waals surface area contributed by atoms with Crippen LogP contribution in [0, 0.1) is 17.8 Å². The maximum Gasteiger partial charge on any atom is 0.222 e. The van der Waals surface area contributed by atoms with Crippen LogP contribution in [-0.4, -0.2) is 38.7 Å². The first-order valence-corrected chi connectivity index (χ1v) is 9.79. The van der Waals surface area contributed by atoms with Crippen molar-refractivity contribution in [2.75, 3.05) is 13.1 Å². The lowest BCUT2D eigenvalue weighted by Crippen LogP contribution is -2.40. The summed E-state index contributed by atoms with van der Waals surface area (Å²) < 4.78 is 2.16. The van der Waals surface area contributed by atoms with Gasteiger partial charge in [0.05, 0.1) is 0 Å². The number of aromatic nitrogens is 3. The largest absolute Gasteiger partial charge is 0.342 e. The minimum atomic E-state index is 0.340. The van der Waals surface area contributed by atoms with Crippen molar-refractivity contribution in [2.24, 2.45) is 17.8 Å². The topological polar surface area (TPSA) is 51.0 Å². The van der Waals surface area contributed by atoms with Crippen LogP contribution >= 0.6 is 0 Å². The summed E-state index contributed by atoms with van der Waals surface area (Å²) in [5.74, 6) is 4.20. The first-order valence-electron chi connectivity index (χ1n) is 9.79. The standard InChI is InChI=1S/C19H30N4O/c1-13(2)23-12-20-21-19(23)16-4-3-7-22(11-16)18(24)10-17-9-14-5-6-15(17)8-14/h12-17H,3-11H2,1-2H3. The van der Waals surface area contributed by atoms with Crippen LogP contribution in [0.3, 0.4) is 0 Å². The van der Waals surface area contributed by atoms with Crippen molar-refractivity contribution in [1.29, 1.82) is 0 Å². The van der Waals surface area contributed by atoms with E-state index in [9.17, 15) is 4.79 Å². The highest BCUT2D eigenvalue weighted by atomic mass is 16.2. The number of carbonyl (C=O) groups excluding carboxylic acids is 1. The predicted molar refractivity (Wildman–Crippen MR) is 92.5 cm³/mol. The second-order valence-electron chi connectivity index (χ2n) is 8.51. The molecule has 1 aromatic rings. The lowest BCUT2D eigenvalue weighted by molar-refractivity contribution is -0.133. The zero-order chi connectivity index (χ0) is 16.7. The Morgan fingerprint density at radius 1 is 1.29 bits per heavy atom. The quantitative estimate of drug-likeness (QED) is 0.850. The van der Waals surface area contributed by atoms with Gasteiger partial charge in [0.1, 0.15) is 12.2 Å². The van der Waals surface area contributed by atoms with Crippen LogP contribution in [0.4, 0.5) is 0 Å². The summed E-state index contributed by atoms with van der Waals surface area (Å²) in [6.45, 7) is 6.07. The van der Waals surface area contributed by atoms with Crippen molar-refractivity contribution in [3.63, 3.8) is 0 Å². The number of amides is 1. The Morgan fingerprint density at radius 2 is 2.17 bits per heavy atom. The molecule has 2 heterocycles. The van der Waals surface area contributed by atoms with Gasteiger partial charge in [0, 0.05) is 31.5 Å². The molecular weight excluding hydrogens is 300 g/mol. The molecule has 5 nitrogen and oxygen atoms in total. The number of hydrogen-bond acceptors (Lipinski definition) is 3. The van der Waals surface area contributed by atoms with Crippen LogP contribution in [0.25, 0.3) is 0 Å². The molecule has 0 spiro atoms. The Labute approximate surface area is 144 Å². The summed E-state index contributed by atoms with van der Waals surface area (Å²) in [5, 5.41) is 8.47. The van der Waals surface area contributed by atoms with Crippen LogP contribution in [0.2, 0.25) is 0 Å². The molecule has 2 aliphatic carbocycles. The summed E-state index contributed by atoms with van der Waals surface area (Å²) in [6, 6.07) is 0.370. The molecule has 0 aromatic carbocycles. The molecule has 5 heteroatoms. The third kappa shape index (κ3) is 2.98. The Hall–Kier alpha value is -1.39. The molecule has 1 aromatic heterocycles. The molecule has 1 amide bonds. The van der Waals surface area contributed by atoms with Crippen LogP contribution in [0.5, 0.6) is 0 Å². The highest BCUT2D eigenvalue weighted by Gasteiger charge is 2.41. The van der Waals surface area contributed by atoms with Gasteiger partial charge in [-0.25, -0.2) is 0 Å². The molecule has 24 heavy (non-hydrogen) atoms. The maximum atomic E-state index is 12.8. The zero-order valence-electron chi connectivity index (χ0n) is 15.0. The minimum Gasteiger partial charge on any atom is -0.342 e. The van der Waals surface area contributed by atoms with Gasteiger partial charge in [0.25, 0.3) is 0 Å². The van der Waals surface area contributed by atoms with Crippen LogP contribution in [0.1, 0.15) is 76.6 Å². The number of piperidine rings is 1. The molecular formula is C19H30N4O. The van der Waals surface area contributed by atoms with Crippen molar-refractivity contribution >= 4 is 5.91 Å². The molecule has 4 atom stereocenters. The van der Waals surface area contributed by atoms with Crippen molar-refractivity contribution in [2.45, 2.75) is 70.8 Å². The second kappa shape index (κ2) is 6.49. The van der Waals surface area contributed by atoms with E-state index in [1.807, 2.05) is 6.33 Å². The molecule has 4 rings (SSSR count). The van der Waals surface area contributed by atoms with Crippen molar-refractivity contribution in [3.05, 3.63) is 12.2 Å². The molecule has 0 radical (unpaired) electrons. The lowest BCUT2D eigenvalue weighted by Gasteiger charge is -2.34. The number of hydrogen-bond donors (Lipinski definition) is 0. The van der Waals surface area contributed by atoms with Gasteiger partial charge in [-0.15, -0.1) is 10.2 Å². The van der Waals surface area contributed by atoms with E-state index in [0.717, 1.165) is 50.0 Å². The van der Waals surface area contributed by atoms with Crippen LogP contribution in [-0.2, 0) is 4.79 Å². The Bertz CT molecular complexity index is 596. The molecule has 4 unspecified atom stereocenters. The van der Waals surface area contributed by atoms with Crippen LogP contribution in [0.15, 0.2) is 6.33 Å². The van der Waals surface area contributed by atoms with Gasteiger partial charge in [0.15, 0.2) is 0 Å². The SMILES string of the molecule is CC(C)n1cnnc1C1CCCN(C(=O)CC2CC3CCC2C3)C1. The summed E-state index contributed by atoms with van der Waals surface area (Å²) in [5.41, 5.74) is 0. The first-order chi connectivity index (χ1) is 11.6. The van der Waals surface area contributed by atoms with Crippen molar-refractivity contribution in [3.8, 4) is 0 Å². The minimum absolute atomic E-state index is 0.340. The third-order valence-corrected chi connectivity index (χ3v) is 6.62. The van der Waals surface area contributed by atoms with E-state index in [-0.39, 0.29) is 0 Å². The van der Waals surface area contributed by atoms with E-state index < -0.39 is 0 Å². The van der Waals surface area contributed by atoms with E-state index >= 15 is 0 Å². The van der Waals surface area contributed by atoms with Gasteiger partial charge in [-0.3, -0.25) is 4.79 Å². The number of rotatable bonds is 4. The number of carbonyl (C=O) groups is 1. The normalized spacial score (nSPS) is 32.7. The van der Waals surface area contributed by atoms with Crippen molar-refractivity contribution in [1.82, 2.24) is 19.7 Å². The van der Waals surface area contributed by atoms with E-state index in [0.29, 0.717) is 23.8 Å². The molecule has 2 bridgehead atoms. The van der Waals surface area contributed by atoms with E-state index in [1.54, 1.807) is 0 Å². The van der Waals surface area contributed by atoms with E-state index in [4.69, 9.17) is 0 Å². The number of fused-ring (bicyclic) bond motifs is 2. The molecule has 1 aliphatic heterocycles. The van der Waals surface area contributed by atoms with Gasteiger partial charge in [-0.2, -0.15) is 0 Å². The number of nitrogens with zero attached hydrogens (tertiary/aromatic N) is 4. The average Bonchev–Trinajstić information content (AvgIpc) is 3.31. The Morgan fingerprint density at radius 3 is 2.88 bits per heavy atom. The van der Waals surface area contributed by atoms with Gasteiger partial charge in [0.2, 0.25) is 5.91 Å². The summed E-state index contributed by atoms with van der Waals surface area (Å²) >= 11 is 0. The number of likely N-dealkylation sites (tertiary alicyclic amines) is 1. The molecule has 3 fully saturated rings. The van der Waals surface area contributed by atoms with Crippen molar-refractivity contribution < 1.29 is 4.79 Å². The Balaban J connectivity index is 1.39. The van der Waals surface area contributed by atoms with Gasteiger partial charge < -0.3 is 9.47 Å². The summed E-state index contributed by atoms with van der Waals surface area (Å²) in [7, 11) is 0. The maximum absolute atomic E-state index is 12.8. The lowest BCUT2D eigenvalue weighted by atomic mass is 9.85. The first kappa shape index (κ1) is 16.1. The smallest absolute Gasteiger partial charge is 0.222 e. The molecule has 3 aliphatic rings. The monoisotopic (exact) mass is 330 g/mol. The fraction of sp³-hybridized carbons (Fsp3) is 0.842. The fourth-order valence-corrected chi connectivity index (χ4v) is 5.34. The van der Waals surface area contributed by atoms with Crippen LogP contribution < -0.4 is 0 Å². The molecule has 132 valence electrons. The van der Waals surface area contributed by atoms with E-state index in [2.05, 4.69) is 33.5 Å². The fourth-order valence-electron chi connectivity index (χ4n) is 5.34. The summed E-state index contributed by atoms with van der Waals surface area (Å²) in [4.78, 5) is 15.0. The van der Waals surface area contributed by atoms with E-state index in [1.165, 1.54) is 25.7 Å². The second-order valence-corrected chi connectivity index (χ2v) is 8.51. The highest BCUT2D eigenvalue weighted by molar-refractivity contribution is 5.76. The van der Waals surface area contributed by atoms with Gasteiger partial charge in [-0.1, -0.05) is 6.42 Å². The Kier molecular flexibility index (Phi) is 4.35. The molecule has 1 saturated heterocycles. The third-order valence-electron chi connectivity index (χ3n) is 6.62. The van der Waals surface area contributed by atoms with Gasteiger partial charge >= 0.3 is 0 Å². The predicted octanol–water partition coefficient (Wildman–Crippen LogP) is 3.39. The molecule has 2 saturated carbocycles. The summed E-state index contributed by atoms with van der Waals surface area (Å²) in [6.07, 6.45) is 10.3. The molecule has 0 N–H and O–H groups in total. The highest BCUT2D eigenvalue weighted by Crippen LogP contribution is 2.49. The zero-order valence-corrected chi connectivity index (χ0v) is 15.0. The average molecular weight is 330 g/mol. The van der Waals surface area contributed by atoms with Gasteiger partial charge in [-0.05, 0) is 63.7 Å².